The Kier molecular flexibility index (Phi) is 12.5. The van der Waals surface area contributed by atoms with E-state index in [1.165, 1.54) is 6.92 Å². The largest absolute Gasteiger partial charge is 0.394 e. The molecule has 0 aromatic rings. The minimum Gasteiger partial charge on any atom is -0.394 e. The second-order valence-corrected chi connectivity index (χ2v) is 11.9. The summed E-state index contributed by atoms with van der Waals surface area (Å²) < 4.78 is 34.6. The fourth-order valence-electron chi connectivity index (χ4n) is 5.92. The van der Waals surface area contributed by atoms with Crippen LogP contribution in [0.25, 0.3) is 0 Å². The van der Waals surface area contributed by atoms with Gasteiger partial charge in [0.25, 0.3) is 0 Å². The highest BCUT2D eigenvalue weighted by molar-refractivity contribution is 5.72. The van der Waals surface area contributed by atoms with Crippen LogP contribution in [0.15, 0.2) is 0 Å². The summed E-state index contributed by atoms with van der Waals surface area (Å²) in [6, 6.07) is -4.42. The summed E-state index contributed by atoms with van der Waals surface area (Å²) in [5, 5.41) is 85.5. The highest BCUT2D eigenvalue weighted by atomic mass is 16.8. The number of rotatable bonds is 10. The van der Waals surface area contributed by atoms with Gasteiger partial charge in [-0.25, -0.2) is 0 Å². The standard InChI is InChI=1S/C25H47N5O15/c1-6(33)30-3-9-15(35)17(37)12(28)23(40-9)44-21-11(5-32)42-25(19(21)39)45-22-14(34)7(26)2-8(27)20(22)43-24-13(29)18(38)16(36)10(4-31)41-24/h7-25,31-32,34-39H,2-5,26-29H2,1H3,(H,30,33)/t7-,8?,9?,10?,11-,12?,13?,14?,15-,16-,17+,18-,19+,20-,21?,22-,23-,24-,25+/m1/s1. The molecule has 4 rings (SSSR count). The van der Waals surface area contributed by atoms with Gasteiger partial charge in [-0.3, -0.25) is 4.79 Å². The number of hydrogen-bond acceptors (Lipinski definition) is 19. The van der Waals surface area contributed by atoms with Crippen molar-refractivity contribution in [1.82, 2.24) is 5.32 Å². The van der Waals surface area contributed by atoms with Crippen LogP contribution in [0.3, 0.4) is 0 Å². The molecule has 45 heavy (non-hydrogen) atoms. The van der Waals surface area contributed by atoms with Gasteiger partial charge in [0.2, 0.25) is 5.91 Å². The maximum atomic E-state index is 11.3. The first-order valence-corrected chi connectivity index (χ1v) is 14.7. The fourth-order valence-corrected chi connectivity index (χ4v) is 5.92. The van der Waals surface area contributed by atoms with Crippen molar-refractivity contribution >= 4 is 5.91 Å². The molecule has 0 aromatic heterocycles. The van der Waals surface area contributed by atoms with Crippen LogP contribution in [0.1, 0.15) is 13.3 Å². The van der Waals surface area contributed by atoms with E-state index in [9.17, 15) is 45.6 Å². The third-order valence-corrected chi connectivity index (χ3v) is 8.64. The van der Waals surface area contributed by atoms with Crippen molar-refractivity contribution in [3.05, 3.63) is 0 Å². The van der Waals surface area contributed by atoms with E-state index in [0.717, 1.165) is 0 Å². The van der Waals surface area contributed by atoms with Crippen molar-refractivity contribution in [2.75, 3.05) is 19.8 Å². The van der Waals surface area contributed by atoms with E-state index in [1.54, 1.807) is 0 Å². The minimum atomic E-state index is -1.66. The number of amides is 1. The van der Waals surface area contributed by atoms with E-state index < -0.39 is 135 Å². The van der Waals surface area contributed by atoms with Crippen LogP contribution < -0.4 is 28.3 Å². The van der Waals surface area contributed by atoms with Gasteiger partial charge in [-0.1, -0.05) is 0 Å². The summed E-state index contributed by atoms with van der Waals surface area (Å²) in [6.07, 6.45) is -21.2. The molecule has 19 atom stereocenters. The van der Waals surface area contributed by atoms with Gasteiger partial charge in [0, 0.05) is 25.6 Å². The van der Waals surface area contributed by atoms with Gasteiger partial charge in [0.05, 0.1) is 31.4 Å². The van der Waals surface area contributed by atoms with Crippen LogP contribution in [0.5, 0.6) is 0 Å². The first-order valence-electron chi connectivity index (χ1n) is 14.7. The molecular formula is C25H47N5O15. The van der Waals surface area contributed by atoms with Crippen molar-refractivity contribution in [3.63, 3.8) is 0 Å². The molecule has 3 saturated heterocycles. The number of hydrogen-bond donors (Lipinski definition) is 13. The number of aliphatic hydroxyl groups excluding tert-OH is 8. The summed E-state index contributed by atoms with van der Waals surface area (Å²) in [5.41, 5.74) is 24.4. The Morgan fingerprint density at radius 1 is 0.644 bits per heavy atom. The van der Waals surface area contributed by atoms with Crippen LogP contribution in [0.4, 0.5) is 0 Å². The molecule has 1 amide bonds. The van der Waals surface area contributed by atoms with Gasteiger partial charge >= 0.3 is 0 Å². The maximum absolute atomic E-state index is 11.3. The third-order valence-electron chi connectivity index (χ3n) is 8.64. The average molecular weight is 658 g/mol. The van der Waals surface area contributed by atoms with Crippen molar-refractivity contribution in [2.24, 2.45) is 22.9 Å². The lowest BCUT2D eigenvalue weighted by Crippen LogP contribution is -2.68. The molecule has 262 valence electrons. The number of carbonyl (C=O) groups excluding carboxylic acids is 1. The van der Waals surface area contributed by atoms with Gasteiger partial charge < -0.3 is 97.5 Å². The molecule has 3 heterocycles. The summed E-state index contributed by atoms with van der Waals surface area (Å²) in [7, 11) is 0. The van der Waals surface area contributed by atoms with Gasteiger partial charge in [0.15, 0.2) is 18.9 Å². The van der Waals surface area contributed by atoms with Crippen molar-refractivity contribution in [2.45, 2.75) is 130 Å². The SMILES string of the molecule is CC(=O)NCC1O[C@H](OC2[C@@H](CO)O[C@@H](O[C@@H]3C(O)[C@H](N)CC(N)[C@H]3O[C@H]3OC(CO)[C@@H](O)[C@H](O)C3N)[C@H]2O)C(N)[C@H](O)[C@@H]1O. The maximum Gasteiger partial charge on any atom is 0.216 e. The lowest BCUT2D eigenvalue weighted by atomic mass is 9.84. The van der Waals surface area contributed by atoms with Crippen LogP contribution >= 0.6 is 0 Å². The summed E-state index contributed by atoms with van der Waals surface area (Å²) >= 11 is 0. The molecule has 20 heteroatoms. The van der Waals surface area contributed by atoms with Crippen LogP contribution in [-0.4, -0.2) is 183 Å². The smallest absolute Gasteiger partial charge is 0.216 e. The summed E-state index contributed by atoms with van der Waals surface area (Å²) in [5.74, 6) is -0.418. The second-order valence-electron chi connectivity index (χ2n) is 11.9. The predicted octanol–water partition coefficient (Wildman–Crippen LogP) is -8.68. The number of aliphatic hydroxyl groups is 8. The third kappa shape index (κ3) is 7.74. The van der Waals surface area contributed by atoms with Gasteiger partial charge in [-0.05, 0) is 6.42 Å². The molecule has 1 saturated carbocycles. The highest BCUT2D eigenvalue weighted by Crippen LogP contribution is 2.34. The van der Waals surface area contributed by atoms with E-state index in [4.69, 9.17) is 51.4 Å². The summed E-state index contributed by atoms with van der Waals surface area (Å²) in [4.78, 5) is 11.3. The summed E-state index contributed by atoms with van der Waals surface area (Å²) in [6.45, 7) is -0.300. The highest BCUT2D eigenvalue weighted by Gasteiger charge is 2.54. The topological polar surface area (TPSA) is 350 Å². The molecule has 1 aliphatic carbocycles. The molecule has 4 fully saturated rings. The van der Waals surface area contributed by atoms with Crippen molar-refractivity contribution in [3.8, 4) is 0 Å². The quantitative estimate of drug-likeness (QED) is 0.104. The van der Waals surface area contributed by atoms with E-state index in [2.05, 4.69) is 5.32 Å². The predicted molar refractivity (Wildman–Crippen MR) is 146 cm³/mol. The first-order chi connectivity index (χ1) is 21.2. The van der Waals surface area contributed by atoms with E-state index in [-0.39, 0.29) is 13.0 Å². The Morgan fingerprint density at radius 3 is 1.69 bits per heavy atom. The molecule has 17 N–H and O–H groups in total. The van der Waals surface area contributed by atoms with Gasteiger partial charge in [0.1, 0.15) is 67.1 Å². The average Bonchev–Trinajstić information content (AvgIpc) is 3.30. The number of nitrogens with two attached hydrogens (primary N) is 4. The van der Waals surface area contributed by atoms with Crippen molar-refractivity contribution < 1.29 is 74.1 Å². The molecule has 20 nitrogen and oxygen atoms in total. The Bertz CT molecular complexity index is 974. The van der Waals surface area contributed by atoms with Gasteiger partial charge in [-0.15, -0.1) is 0 Å². The number of nitrogens with one attached hydrogen (secondary N) is 1. The monoisotopic (exact) mass is 657 g/mol. The Labute approximate surface area is 258 Å². The van der Waals surface area contributed by atoms with Crippen molar-refractivity contribution in [1.29, 1.82) is 0 Å². The zero-order valence-corrected chi connectivity index (χ0v) is 24.5. The normalized spacial score (nSPS) is 50.8. The molecular weight excluding hydrogens is 610 g/mol. The zero-order chi connectivity index (χ0) is 33.3. The lowest BCUT2D eigenvalue weighted by molar-refractivity contribution is -0.310. The fraction of sp³-hybridized carbons (Fsp3) is 0.960. The Balaban J connectivity index is 1.49. The van der Waals surface area contributed by atoms with E-state index in [0.29, 0.717) is 0 Å². The van der Waals surface area contributed by atoms with Crippen LogP contribution in [-0.2, 0) is 33.2 Å². The van der Waals surface area contributed by atoms with E-state index >= 15 is 0 Å². The molecule has 3 aliphatic heterocycles. The minimum absolute atomic E-state index is 0.0477. The van der Waals surface area contributed by atoms with Gasteiger partial charge in [-0.2, -0.15) is 0 Å². The molecule has 4 aliphatic rings. The van der Waals surface area contributed by atoms with Crippen LogP contribution in [0.2, 0.25) is 0 Å². The Morgan fingerprint density at radius 2 is 1.13 bits per heavy atom. The molecule has 0 aromatic carbocycles. The Hall–Kier alpha value is -1.25. The first kappa shape index (κ1) is 36.6. The zero-order valence-electron chi connectivity index (χ0n) is 24.5. The molecule has 0 radical (unpaired) electrons. The number of ether oxygens (including phenoxy) is 6. The number of carbonyl (C=O) groups is 1. The second kappa shape index (κ2) is 15.3. The van der Waals surface area contributed by atoms with E-state index in [1.807, 2.05) is 0 Å². The molecule has 0 bridgehead atoms. The lowest BCUT2D eigenvalue weighted by Gasteiger charge is -2.47. The molecule has 7 unspecified atom stereocenters. The molecule has 0 spiro atoms. The van der Waals surface area contributed by atoms with Crippen LogP contribution in [0, 0.1) is 0 Å².